The SMILES string of the molecule is CC(C)OC1CC(N=C(N)N2CCCCCC2)C1. The van der Waals surface area contributed by atoms with Gasteiger partial charge in [0.05, 0.1) is 18.2 Å². The molecule has 4 heteroatoms. The summed E-state index contributed by atoms with van der Waals surface area (Å²) in [6.07, 6.45) is 7.95. The number of aliphatic imine (C=N–C) groups is 1. The van der Waals surface area contributed by atoms with Crippen LogP contribution in [0.1, 0.15) is 52.4 Å². The standard InChI is InChI=1S/C14H27N3O/c1-11(2)18-13-9-12(10-13)16-14(15)17-7-5-3-4-6-8-17/h11-13H,3-10H2,1-2H3,(H2,15,16). The molecule has 0 unspecified atom stereocenters. The molecule has 2 fully saturated rings. The number of likely N-dealkylation sites (tertiary alicyclic amines) is 1. The normalized spacial score (nSPS) is 30.2. The van der Waals surface area contributed by atoms with E-state index >= 15 is 0 Å². The number of hydrogen-bond acceptors (Lipinski definition) is 2. The van der Waals surface area contributed by atoms with Crippen molar-refractivity contribution in [2.45, 2.75) is 70.6 Å². The van der Waals surface area contributed by atoms with Crippen LogP contribution < -0.4 is 5.73 Å². The third-order valence-electron chi connectivity index (χ3n) is 3.78. The van der Waals surface area contributed by atoms with Crippen molar-refractivity contribution in [3.8, 4) is 0 Å². The van der Waals surface area contributed by atoms with Crippen molar-refractivity contribution < 1.29 is 4.74 Å². The summed E-state index contributed by atoms with van der Waals surface area (Å²) >= 11 is 0. The summed E-state index contributed by atoms with van der Waals surface area (Å²) in [6.45, 7) is 6.33. The molecule has 1 aliphatic carbocycles. The molecule has 18 heavy (non-hydrogen) atoms. The lowest BCUT2D eigenvalue weighted by Crippen LogP contribution is -2.42. The Labute approximate surface area is 111 Å². The van der Waals surface area contributed by atoms with Gasteiger partial charge in [-0.2, -0.15) is 0 Å². The molecule has 0 radical (unpaired) electrons. The molecule has 2 aliphatic rings. The van der Waals surface area contributed by atoms with Crippen LogP contribution in [0.15, 0.2) is 4.99 Å². The molecular formula is C14H27N3O. The van der Waals surface area contributed by atoms with Crippen molar-refractivity contribution in [3.63, 3.8) is 0 Å². The molecule has 1 heterocycles. The van der Waals surface area contributed by atoms with E-state index in [0.29, 0.717) is 18.2 Å². The summed E-state index contributed by atoms with van der Waals surface area (Å²) in [4.78, 5) is 6.90. The molecule has 2 N–H and O–H groups in total. The molecule has 0 aromatic rings. The van der Waals surface area contributed by atoms with Crippen LogP contribution in [0.4, 0.5) is 0 Å². The summed E-state index contributed by atoms with van der Waals surface area (Å²) in [6, 6.07) is 0.386. The van der Waals surface area contributed by atoms with Crippen molar-refractivity contribution in [2.24, 2.45) is 10.7 Å². The van der Waals surface area contributed by atoms with Crippen LogP contribution in [0.25, 0.3) is 0 Å². The van der Waals surface area contributed by atoms with E-state index in [0.717, 1.165) is 31.9 Å². The Morgan fingerprint density at radius 2 is 1.78 bits per heavy atom. The minimum atomic E-state index is 0.322. The zero-order valence-corrected chi connectivity index (χ0v) is 11.8. The van der Waals surface area contributed by atoms with Crippen molar-refractivity contribution >= 4 is 5.96 Å². The summed E-state index contributed by atoms with van der Waals surface area (Å²) in [5.74, 6) is 0.755. The van der Waals surface area contributed by atoms with E-state index in [2.05, 4.69) is 23.7 Å². The van der Waals surface area contributed by atoms with E-state index in [1.54, 1.807) is 0 Å². The van der Waals surface area contributed by atoms with Gasteiger partial charge in [0, 0.05) is 13.1 Å². The Hall–Kier alpha value is -0.770. The van der Waals surface area contributed by atoms with Gasteiger partial charge in [0.2, 0.25) is 0 Å². The van der Waals surface area contributed by atoms with Crippen LogP contribution in [0, 0.1) is 0 Å². The van der Waals surface area contributed by atoms with E-state index < -0.39 is 0 Å². The van der Waals surface area contributed by atoms with Crippen LogP contribution >= 0.6 is 0 Å². The molecule has 0 spiro atoms. The molecule has 104 valence electrons. The Morgan fingerprint density at radius 1 is 1.17 bits per heavy atom. The topological polar surface area (TPSA) is 50.9 Å². The van der Waals surface area contributed by atoms with Crippen LogP contribution in [0.2, 0.25) is 0 Å². The van der Waals surface area contributed by atoms with E-state index in [4.69, 9.17) is 10.5 Å². The highest BCUT2D eigenvalue weighted by Crippen LogP contribution is 2.27. The zero-order valence-electron chi connectivity index (χ0n) is 11.8. The Balaban J connectivity index is 1.75. The van der Waals surface area contributed by atoms with Gasteiger partial charge in [-0.1, -0.05) is 12.8 Å². The molecule has 0 aromatic carbocycles. The smallest absolute Gasteiger partial charge is 0.191 e. The van der Waals surface area contributed by atoms with Gasteiger partial charge in [-0.15, -0.1) is 0 Å². The van der Waals surface area contributed by atoms with Crippen LogP contribution in [-0.2, 0) is 4.74 Å². The van der Waals surface area contributed by atoms with E-state index in [-0.39, 0.29) is 0 Å². The minimum absolute atomic E-state index is 0.322. The van der Waals surface area contributed by atoms with Gasteiger partial charge in [-0.3, -0.25) is 0 Å². The third kappa shape index (κ3) is 3.87. The quantitative estimate of drug-likeness (QED) is 0.619. The lowest BCUT2D eigenvalue weighted by atomic mass is 9.89. The predicted molar refractivity (Wildman–Crippen MR) is 74.7 cm³/mol. The Bertz CT molecular complexity index is 277. The van der Waals surface area contributed by atoms with Crippen molar-refractivity contribution in [3.05, 3.63) is 0 Å². The Kier molecular flexibility index (Phi) is 4.87. The molecule has 2 rings (SSSR count). The second-order valence-corrected chi connectivity index (χ2v) is 5.82. The van der Waals surface area contributed by atoms with Crippen molar-refractivity contribution in [1.29, 1.82) is 0 Å². The lowest BCUT2D eigenvalue weighted by Gasteiger charge is -2.34. The first-order chi connectivity index (χ1) is 8.65. The molecule has 0 amide bonds. The largest absolute Gasteiger partial charge is 0.375 e. The number of nitrogens with zero attached hydrogens (tertiary/aromatic N) is 2. The number of guanidine groups is 1. The summed E-state index contributed by atoms with van der Waals surface area (Å²) in [5, 5.41) is 0. The second kappa shape index (κ2) is 6.41. The molecule has 0 atom stereocenters. The number of ether oxygens (including phenoxy) is 1. The number of nitrogens with two attached hydrogens (primary N) is 1. The fraction of sp³-hybridized carbons (Fsp3) is 0.929. The van der Waals surface area contributed by atoms with Crippen LogP contribution in [0.5, 0.6) is 0 Å². The van der Waals surface area contributed by atoms with Gasteiger partial charge in [-0.25, -0.2) is 4.99 Å². The highest BCUT2D eigenvalue weighted by Gasteiger charge is 2.30. The lowest BCUT2D eigenvalue weighted by molar-refractivity contribution is -0.0430. The molecule has 1 aliphatic heterocycles. The molecule has 0 aromatic heterocycles. The number of hydrogen-bond donors (Lipinski definition) is 1. The van der Waals surface area contributed by atoms with E-state index in [1.165, 1.54) is 25.7 Å². The van der Waals surface area contributed by atoms with Gasteiger partial charge in [0.15, 0.2) is 5.96 Å². The molecule has 4 nitrogen and oxygen atoms in total. The summed E-state index contributed by atoms with van der Waals surface area (Å²) in [7, 11) is 0. The highest BCUT2D eigenvalue weighted by atomic mass is 16.5. The van der Waals surface area contributed by atoms with Gasteiger partial charge in [-0.05, 0) is 39.5 Å². The first kappa shape index (κ1) is 13.7. The van der Waals surface area contributed by atoms with E-state index in [9.17, 15) is 0 Å². The third-order valence-corrected chi connectivity index (χ3v) is 3.78. The fourth-order valence-electron chi connectivity index (χ4n) is 2.71. The maximum absolute atomic E-state index is 6.11. The van der Waals surface area contributed by atoms with Gasteiger partial charge in [0.25, 0.3) is 0 Å². The maximum atomic E-state index is 6.11. The molecule has 0 bridgehead atoms. The second-order valence-electron chi connectivity index (χ2n) is 5.82. The minimum Gasteiger partial charge on any atom is -0.375 e. The monoisotopic (exact) mass is 253 g/mol. The number of rotatable bonds is 3. The average molecular weight is 253 g/mol. The molecule has 1 saturated carbocycles. The average Bonchev–Trinajstić information content (AvgIpc) is 2.53. The van der Waals surface area contributed by atoms with Gasteiger partial charge in [0.1, 0.15) is 0 Å². The van der Waals surface area contributed by atoms with Gasteiger partial charge < -0.3 is 15.4 Å². The zero-order chi connectivity index (χ0) is 13.0. The predicted octanol–water partition coefficient (Wildman–Crippen LogP) is 2.13. The van der Waals surface area contributed by atoms with Gasteiger partial charge >= 0.3 is 0 Å². The van der Waals surface area contributed by atoms with Crippen molar-refractivity contribution in [1.82, 2.24) is 4.90 Å². The van der Waals surface area contributed by atoms with Crippen LogP contribution in [0.3, 0.4) is 0 Å². The maximum Gasteiger partial charge on any atom is 0.191 e. The van der Waals surface area contributed by atoms with Crippen molar-refractivity contribution in [2.75, 3.05) is 13.1 Å². The van der Waals surface area contributed by atoms with E-state index in [1.807, 2.05) is 0 Å². The highest BCUT2D eigenvalue weighted by molar-refractivity contribution is 5.78. The Morgan fingerprint density at radius 3 is 2.33 bits per heavy atom. The molecular weight excluding hydrogens is 226 g/mol. The molecule has 1 saturated heterocycles. The van der Waals surface area contributed by atoms with Crippen LogP contribution in [-0.4, -0.2) is 42.2 Å². The first-order valence-electron chi connectivity index (χ1n) is 7.39. The summed E-state index contributed by atoms with van der Waals surface area (Å²) in [5.41, 5.74) is 6.11. The fourth-order valence-corrected chi connectivity index (χ4v) is 2.71. The first-order valence-corrected chi connectivity index (χ1v) is 7.39. The summed E-state index contributed by atoms with van der Waals surface area (Å²) < 4.78 is 5.74.